The molecule has 2 rings (SSSR count). The Morgan fingerprint density at radius 1 is 1.47 bits per heavy atom. The molecule has 1 amide bonds. The number of benzene rings is 1. The van der Waals surface area contributed by atoms with E-state index in [1.807, 2.05) is 24.3 Å². The van der Waals surface area contributed by atoms with Gasteiger partial charge < -0.3 is 5.73 Å². The smallest absolute Gasteiger partial charge is 0.245 e. The van der Waals surface area contributed by atoms with Crippen LogP contribution in [0.5, 0.6) is 0 Å². The topological polar surface area (TPSA) is 64.4 Å². The van der Waals surface area contributed by atoms with Gasteiger partial charge in [0.05, 0.1) is 0 Å². The SMILES string of the molecule is NC(=O)CONC1CC(c2ccccc2Cl)C1. The Morgan fingerprint density at radius 2 is 2.18 bits per heavy atom. The number of hydroxylamine groups is 1. The van der Waals surface area contributed by atoms with Crippen molar-refractivity contribution in [2.75, 3.05) is 6.61 Å². The molecule has 0 atom stereocenters. The predicted octanol–water partition coefficient (Wildman–Crippen LogP) is 1.59. The van der Waals surface area contributed by atoms with Crippen LogP contribution < -0.4 is 11.2 Å². The molecule has 0 saturated heterocycles. The number of halogens is 1. The molecular formula is C12H15ClN2O2. The fourth-order valence-electron chi connectivity index (χ4n) is 2.00. The van der Waals surface area contributed by atoms with Crippen molar-refractivity contribution in [3.8, 4) is 0 Å². The lowest BCUT2D eigenvalue weighted by atomic mass is 9.76. The number of hydrogen-bond donors (Lipinski definition) is 2. The highest BCUT2D eigenvalue weighted by atomic mass is 35.5. The third-order valence-electron chi connectivity index (χ3n) is 2.95. The quantitative estimate of drug-likeness (QED) is 0.785. The van der Waals surface area contributed by atoms with Crippen LogP contribution in [0.1, 0.15) is 24.3 Å². The minimum absolute atomic E-state index is 0.0900. The number of rotatable bonds is 5. The molecule has 0 radical (unpaired) electrons. The molecule has 1 saturated carbocycles. The highest BCUT2D eigenvalue weighted by molar-refractivity contribution is 6.31. The second-order valence-corrected chi connectivity index (χ2v) is 4.67. The van der Waals surface area contributed by atoms with E-state index in [0.29, 0.717) is 5.92 Å². The van der Waals surface area contributed by atoms with Crippen molar-refractivity contribution in [1.29, 1.82) is 0 Å². The van der Waals surface area contributed by atoms with Gasteiger partial charge in [-0.2, -0.15) is 5.48 Å². The van der Waals surface area contributed by atoms with Gasteiger partial charge in [-0.1, -0.05) is 29.8 Å². The molecule has 1 fully saturated rings. The molecule has 1 aromatic rings. The van der Waals surface area contributed by atoms with Crippen molar-refractivity contribution >= 4 is 17.5 Å². The minimum Gasteiger partial charge on any atom is -0.368 e. The highest BCUT2D eigenvalue weighted by Crippen LogP contribution is 2.39. The number of carbonyl (C=O) groups excluding carboxylic acids is 1. The summed E-state index contributed by atoms with van der Waals surface area (Å²) in [4.78, 5) is 15.4. The number of nitrogens with one attached hydrogen (secondary N) is 1. The van der Waals surface area contributed by atoms with Crippen molar-refractivity contribution in [3.05, 3.63) is 34.9 Å². The molecule has 0 bridgehead atoms. The number of primary amides is 1. The Bertz CT molecular complexity index is 405. The van der Waals surface area contributed by atoms with Crippen molar-refractivity contribution in [3.63, 3.8) is 0 Å². The van der Waals surface area contributed by atoms with E-state index in [1.54, 1.807) is 0 Å². The molecule has 0 heterocycles. The maximum atomic E-state index is 10.5. The summed E-state index contributed by atoms with van der Waals surface area (Å²) in [6, 6.07) is 8.15. The van der Waals surface area contributed by atoms with Crippen LogP contribution in [0.25, 0.3) is 0 Å². The zero-order chi connectivity index (χ0) is 12.3. The lowest BCUT2D eigenvalue weighted by Gasteiger charge is -2.36. The highest BCUT2D eigenvalue weighted by Gasteiger charge is 2.31. The molecule has 0 aromatic heterocycles. The third-order valence-corrected chi connectivity index (χ3v) is 3.29. The Morgan fingerprint density at radius 3 is 2.82 bits per heavy atom. The van der Waals surface area contributed by atoms with Gasteiger partial charge in [-0.3, -0.25) is 9.63 Å². The summed E-state index contributed by atoms with van der Waals surface area (Å²) in [6.45, 7) is -0.0900. The lowest BCUT2D eigenvalue weighted by Crippen LogP contribution is -2.41. The fourth-order valence-corrected chi connectivity index (χ4v) is 2.29. The monoisotopic (exact) mass is 254 g/mol. The standard InChI is InChI=1S/C12H15ClN2O2/c13-11-4-2-1-3-10(11)8-5-9(6-8)15-17-7-12(14)16/h1-4,8-9,15H,5-7H2,(H2,14,16). The first kappa shape index (κ1) is 12.4. The van der Waals surface area contributed by atoms with E-state index < -0.39 is 5.91 Å². The van der Waals surface area contributed by atoms with Gasteiger partial charge in [-0.05, 0) is 30.4 Å². The molecule has 1 aromatic carbocycles. The van der Waals surface area contributed by atoms with Gasteiger partial charge in [-0.15, -0.1) is 0 Å². The summed E-state index contributed by atoms with van der Waals surface area (Å²) >= 11 is 6.11. The number of amides is 1. The molecule has 92 valence electrons. The van der Waals surface area contributed by atoms with Gasteiger partial charge in [-0.25, -0.2) is 0 Å². The Kier molecular flexibility index (Phi) is 3.99. The maximum absolute atomic E-state index is 10.5. The average molecular weight is 255 g/mol. The molecule has 0 aliphatic heterocycles. The number of hydrogen-bond acceptors (Lipinski definition) is 3. The third kappa shape index (κ3) is 3.19. The Balaban J connectivity index is 1.76. The van der Waals surface area contributed by atoms with Crippen LogP contribution >= 0.6 is 11.6 Å². The van der Waals surface area contributed by atoms with Gasteiger partial charge in [0.25, 0.3) is 0 Å². The maximum Gasteiger partial charge on any atom is 0.245 e. The molecule has 1 aliphatic carbocycles. The van der Waals surface area contributed by atoms with Crippen molar-refractivity contribution in [2.45, 2.75) is 24.8 Å². The molecule has 17 heavy (non-hydrogen) atoms. The van der Waals surface area contributed by atoms with Gasteiger partial charge in [0.1, 0.15) is 6.61 Å². The van der Waals surface area contributed by atoms with Crippen LogP contribution in [0.4, 0.5) is 0 Å². The summed E-state index contributed by atoms with van der Waals surface area (Å²) in [6.07, 6.45) is 1.92. The summed E-state index contributed by atoms with van der Waals surface area (Å²) in [5.74, 6) is -0.00199. The molecule has 5 heteroatoms. The zero-order valence-electron chi connectivity index (χ0n) is 9.36. The molecule has 4 nitrogen and oxygen atoms in total. The first-order valence-electron chi connectivity index (χ1n) is 5.57. The van der Waals surface area contributed by atoms with Crippen LogP contribution in [0.15, 0.2) is 24.3 Å². The molecule has 0 unspecified atom stereocenters. The second kappa shape index (κ2) is 5.49. The first-order chi connectivity index (χ1) is 8.16. The summed E-state index contributed by atoms with van der Waals surface area (Å²) in [5.41, 5.74) is 8.96. The average Bonchev–Trinajstić information content (AvgIpc) is 2.23. The summed E-state index contributed by atoms with van der Waals surface area (Å²) in [5, 5.41) is 0.814. The van der Waals surface area contributed by atoms with Crippen LogP contribution in [-0.2, 0) is 9.63 Å². The largest absolute Gasteiger partial charge is 0.368 e. The van der Waals surface area contributed by atoms with E-state index in [-0.39, 0.29) is 12.6 Å². The lowest BCUT2D eigenvalue weighted by molar-refractivity contribution is -0.126. The summed E-state index contributed by atoms with van der Waals surface area (Å²) in [7, 11) is 0. The van der Waals surface area contributed by atoms with Crippen LogP contribution in [0.3, 0.4) is 0 Å². The van der Waals surface area contributed by atoms with Crippen molar-refractivity contribution in [1.82, 2.24) is 5.48 Å². The predicted molar refractivity (Wildman–Crippen MR) is 65.5 cm³/mol. The van der Waals surface area contributed by atoms with E-state index in [1.165, 1.54) is 5.56 Å². The van der Waals surface area contributed by atoms with Gasteiger partial charge in [0, 0.05) is 11.1 Å². The first-order valence-corrected chi connectivity index (χ1v) is 5.94. The van der Waals surface area contributed by atoms with Gasteiger partial charge >= 0.3 is 0 Å². The minimum atomic E-state index is -0.473. The zero-order valence-corrected chi connectivity index (χ0v) is 10.1. The fraction of sp³-hybridized carbons (Fsp3) is 0.417. The van der Waals surface area contributed by atoms with E-state index >= 15 is 0 Å². The number of carbonyl (C=O) groups is 1. The number of nitrogens with two attached hydrogens (primary N) is 1. The molecule has 3 N–H and O–H groups in total. The van der Waals surface area contributed by atoms with Crippen LogP contribution in [-0.4, -0.2) is 18.6 Å². The summed E-state index contributed by atoms with van der Waals surface area (Å²) < 4.78 is 0. The van der Waals surface area contributed by atoms with E-state index in [0.717, 1.165) is 17.9 Å². The van der Waals surface area contributed by atoms with Gasteiger partial charge in [0.15, 0.2) is 0 Å². The van der Waals surface area contributed by atoms with Crippen LogP contribution in [0.2, 0.25) is 5.02 Å². The van der Waals surface area contributed by atoms with E-state index in [2.05, 4.69) is 5.48 Å². The second-order valence-electron chi connectivity index (χ2n) is 4.26. The normalized spacial score (nSPS) is 23.1. The Hall–Kier alpha value is -1.10. The van der Waals surface area contributed by atoms with Gasteiger partial charge in [0.2, 0.25) is 5.91 Å². The van der Waals surface area contributed by atoms with E-state index in [4.69, 9.17) is 22.2 Å². The van der Waals surface area contributed by atoms with E-state index in [9.17, 15) is 4.79 Å². The Labute approximate surface area is 105 Å². The molecule has 1 aliphatic rings. The molecule has 0 spiro atoms. The van der Waals surface area contributed by atoms with Crippen molar-refractivity contribution < 1.29 is 9.63 Å². The molecular weight excluding hydrogens is 240 g/mol. The van der Waals surface area contributed by atoms with Crippen LogP contribution in [0, 0.1) is 0 Å². The van der Waals surface area contributed by atoms with Crippen molar-refractivity contribution in [2.24, 2.45) is 5.73 Å².